The number of fused-ring (bicyclic) bond motifs is 3. The molecule has 0 saturated heterocycles. The Morgan fingerprint density at radius 1 is 1.00 bits per heavy atom. The van der Waals surface area contributed by atoms with Gasteiger partial charge in [-0.1, -0.05) is 25.3 Å². The monoisotopic (exact) mass is 384 g/mol. The zero-order valence-electron chi connectivity index (χ0n) is 17.3. The maximum atomic E-state index is 6.67. The van der Waals surface area contributed by atoms with Gasteiger partial charge in [0.2, 0.25) is 5.69 Å². The standard InChI is InChI=1S/C26H26NO2/c1-15-20-10-12-28-25(20)16(2)22-24-23-18(9-11-27(24)3)13-19(14-21(23)29-26(15)22)17-7-5-4-6-8-17/h9-14,17H,4-8H2,1-3H3/q+1. The fourth-order valence-electron chi connectivity index (χ4n) is 5.55. The van der Waals surface area contributed by atoms with Gasteiger partial charge in [0.25, 0.3) is 0 Å². The fourth-order valence-corrected chi connectivity index (χ4v) is 5.55. The molecule has 1 saturated carbocycles. The van der Waals surface area contributed by atoms with Gasteiger partial charge in [-0.3, -0.25) is 0 Å². The molecule has 0 spiro atoms. The quantitative estimate of drug-likeness (QED) is 0.295. The van der Waals surface area contributed by atoms with Crippen molar-refractivity contribution in [2.75, 3.05) is 0 Å². The lowest BCUT2D eigenvalue weighted by Gasteiger charge is -2.26. The van der Waals surface area contributed by atoms with Gasteiger partial charge in [0.15, 0.2) is 6.20 Å². The predicted octanol–water partition coefficient (Wildman–Crippen LogP) is 6.85. The molecular formula is C26H26NO2+. The highest BCUT2D eigenvalue weighted by Gasteiger charge is 2.33. The Bertz CT molecular complexity index is 1290. The molecule has 0 unspecified atom stereocenters. The first-order valence-electron chi connectivity index (χ1n) is 10.8. The number of aromatic nitrogens is 1. The Morgan fingerprint density at radius 2 is 1.83 bits per heavy atom. The molecule has 4 aromatic rings. The van der Waals surface area contributed by atoms with Crippen LogP contribution >= 0.6 is 0 Å². The number of pyridine rings is 1. The van der Waals surface area contributed by atoms with Crippen LogP contribution in [0, 0.1) is 13.8 Å². The maximum Gasteiger partial charge on any atom is 0.228 e. The van der Waals surface area contributed by atoms with Crippen LogP contribution in [0.5, 0.6) is 11.5 Å². The number of nitrogens with zero attached hydrogens (tertiary/aromatic N) is 1. The van der Waals surface area contributed by atoms with Gasteiger partial charge in [0, 0.05) is 22.6 Å². The molecular weight excluding hydrogens is 358 g/mol. The third-order valence-electron chi connectivity index (χ3n) is 7.10. The molecule has 0 amide bonds. The minimum Gasteiger partial charge on any atom is -0.464 e. The molecule has 1 fully saturated rings. The smallest absolute Gasteiger partial charge is 0.228 e. The number of furan rings is 1. The van der Waals surface area contributed by atoms with Crippen molar-refractivity contribution in [3.63, 3.8) is 0 Å². The normalized spacial score (nSPS) is 16.2. The first-order valence-corrected chi connectivity index (χ1v) is 10.8. The number of ether oxygens (including phenoxy) is 1. The minimum atomic E-state index is 0.658. The van der Waals surface area contributed by atoms with Crippen molar-refractivity contribution < 1.29 is 13.7 Å². The summed E-state index contributed by atoms with van der Waals surface area (Å²) in [4.78, 5) is 0. The van der Waals surface area contributed by atoms with E-state index in [9.17, 15) is 0 Å². The second-order valence-electron chi connectivity index (χ2n) is 8.81. The van der Waals surface area contributed by atoms with Crippen molar-refractivity contribution in [3.8, 4) is 22.8 Å². The first kappa shape index (κ1) is 17.1. The molecule has 0 bridgehead atoms. The SMILES string of the molecule is Cc1c2c(c(C)c3occc13)-c1c3c(cc(C4CCCCC4)cc3cc[n+]1C)O2. The van der Waals surface area contributed by atoms with E-state index in [1.165, 1.54) is 54.1 Å². The number of hydrogen-bond donors (Lipinski definition) is 0. The molecule has 6 rings (SSSR count). The van der Waals surface area contributed by atoms with Gasteiger partial charge in [0.1, 0.15) is 24.1 Å². The summed E-state index contributed by atoms with van der Waals surface area (Å²) < 4.78 is 14.8. The van der Waals surface area contributed by atoms with Gasteiger partial charge in [-0.05, 0) is 55.7 Å². The van der Waals surface area contributed by atoms with Crippen LogP contribution in [0.25, 0.3) is 33.0 Å². The van der Waals surface area contributed by atoms with E-state index in [1.54, 1.807) is 6.26 Å². The summed E-state index contributed by atoms with van der Waals surface area (Å²) in [6, 6.07) is 9.01. The third kappa shape index (κ3) is 2.33. The van der Waals surface area contributed by atoms with Crippen molar-refractivity contribution in [1.29, 1.82) is 0 Å². The van der Waals surface area contributed by atoms with Crippen LogP contribution in [0.4, 0.5) is 0 Å². The van der Waals surface area contributed by atoms with Gasteiger partial charge in [-0.25, -0.2) is 4.57 Å². The zero-order chi connectivity index (χ0) is 19.7. The number of rotatable bonds is 1. The van der Waals surface area contributed by atoms with E-state index in [0.717, 1.165) is 39.2 Å². The maximum absolute atomic E-state index is 6.67. The third-order valence-corrected chi connectivity index (χ3v) is 7.10. The summed E-state index contributed by atoms with van der Waals surface area (Å²) in [5.74, 6) is 2.64. The number of benzene rings is 2. The molecule has 2 aromatic heterocycles. The number of hydrogen-bond acceptors (Lipinski definition) is 2. The molecule has 2 aliphatic rings. The second kappa shape index (κ2) is 6.09. The molecule has 0 N–H and O–H groups in total. The Labute approximate surface area is 170 Å². The average molecular weight is 384 g/mol. The van der Waals surface area contributed by atoms with E-state index < -0.39 is 0 Å². The largest absolute Gasteiger partial charge is 0.464 e. The van der Waals surface area contributed by atoms with E-state index >= 15 is 0 Å². The van der Waals surface area contributed by atoms with Crippen LogP contribution in [0.15, 0.2) is 41.1 Å². The van der Waals surface area contributed by atoms with Crippen LogP contribution in [0.1, 0.15) is 54.7 Å². The predicted molar refractivity (Wildman–Crippen MR) is 116 cm³/mol. The van der Waals surface area contributed by atoms with Crippen molar-refractivity contribution in [2.45, 2.75) is 51.9 Å². The van der Waals surface area contributed by atoms with Gasteiger partial charge >= 0.3 is 0 Å². The number of aryl methyl sites for hydroxylation is 3. The Balaban J connectivity index is 1.68. The van der Waals surface area contributed by atoms with Crippen molar-refractivity contribution >= 4 is 21.7 Å². The highest BCUT2D eigenvalue weighted by atomic mass is 16.5. The van der Waals surface area contributed by atoms with Gasteiger partial charge < -0.3 is 9.15 Å². The lowest BCUT2D eigenvalue weighted by atomic mass is 9.82. The van der Waals surface area contributed by atoms with Gasteiger partial charge in [0.05, 0.1) is 17.2 Å². The van der Waals surface area contributed by atoms with E-state index in [1.807, 2.05) is 0 Å². The molecule has 3 heteroatoms. The lowest BCUT2D eigenvalue weighted by Crippen LogP contribution is -2.32. The highest BCUT2D eigenvalue weighted by molar-refractivity contribution is 6.05. The summed E-state index contributed by atoms with van der Waals surface area (Å²) >= 11 is 0. The summed E-state index contributed by atoms with van der Waals surface area (Å²) in [6.45, 7) is 4.29. The molecule has 29 heavy (non-hydrogen) atoms. The summed E-state index contributed by atoms with van der Waals surface area (Å²) in [5, 5.41) is 3.64. The molecule has 1 aliphatic heterocycles. The molecule has 0 radical (unpaired) electrons. The van der Waals surface area contributed by atoms with E-state index in [0.29, 0.717) is 5.92 Å². The highest BCUT2D eigenvalue weighted by Crippen LogP contribution is 2.51. The van der Waals surface area contributed by atoms with Crippen LogP contribution < -0.4 is 9.30 Å². The Hall–Kier alpha value is -2.81. The Kier molecular flexibility index (Phi) is 3.59. The van der Waals surface area contributed by atoms with Crippen LogP contribution in [0.2, 0.25) is 0 Å². The van der Waals surface area contributed by atoms with Crippen molar-refractivity contribution in [3.05, 3.63) is 53.4 Å². The van der Waals surface area contributed by atoms with Crippen molar-refractivity contribution in [2.24, 2.45) is 7.05 Å². The van der Waals surface area contributed by atoms with Crippen LogP contribution in [-0.2, 0) is 7.05 Å². The second-order valence-corrected chi connectivity index (χ2v) is 8.81. The van der Waals surface area contributed by atoms with Crippen molar-refractivity contribution in [1.82, 2.24) is 0 Å². The lowest BCUT2D eigenvalue weighted by molar-refractivity contribution is -0.659. The molecule has 146 valence electrons. The fraction of sp³-hybridized carbons (Fsp3) is 0.346. The van der Waals surface area contributed by atoms with E-state index in [-0.39, 0.29) is 0 Å². The molecule has 1 aliphatic carbocycles. The van der Waals surface area contributed by atoms with E-state index in [4.69, 9.17) is 9.15 Å². The molecule has 0 atom stereocenters. The minimum absolute atomic E-state index is 0.658. The molecule has 2 aromatic carbocycles. The first-order chi connectivity index (χ1) is 14.1. The van der Waals surface area contributed by atoms with Crippen LogP contribution in [-0.4, -0.2) is 0 Å². The van der Waals surface area contributed by atoms with Gasteiger partial charge in [-0.2, -0.15) is 0 Å². The van der Waals surface area contributed by atoms with E-state index in [2.05, 4.69) is 55.9 Å². The summed E-state index contributed by atoms with van der Waals surface area (Å²) in [5.41, 5.74) is 7.10. The molecule has 3 heterocycles. The summed E-state index contributed by atoms with van der Waals surface area (Å²) in [6.07, 6.45) is 10.6. The van der Waals surface area contributed by atoms with Crippen LogP contribution in [0.3, 0.4) is 0 Å². The Morgan fingerprint density at radius 3 is 2.66 bits per heavy atom. The average Bonchev–Trinajstić information content (AvgIpc) is 3.25. The summed E-state index contributed by atoms with van der Waals surface area (Å²) in [7, 11) is 2.13. The van der Waals surface area contributed by atoms with Gasteiger partial charge in [-0.15, -0.1) is 0 Å². The molecule has 3 nitrogen and oxygen atoms in total. The topological polar surface area (TPSA) is 26.2 Å². The zero-order valence-corrected chi connectivity index (χ0v) is 17.3.